The average Bonchev–Trinajstić information content (AvgIpc) is 2.04. The van der Waals surface area contributed by atoms with Gasteiger partial charge in [-0.15, -0.1) is 12.3 Å². The summed E-state index contributed by atoms with van der Waals surface area (Å²) in [5.41, 5.74) is 0. The van der Waals surface area contributed by atoms with Crippen molar-refractivity contribution in [2.45, 2.75) is 33.1 Å². The van der Waals surface area contributed by atoms with Crippen LogP contribution in [0.25, 0.3) is 0 Å². The van der Waals surface area contributed by atoms with E-state index in [0.717, 1.165) is 6.42 Å². The van der Waals surface area contributed by atoms with Crippen LogP contribution in [0.3, 0.4) is 0 Å². The van der Waals surface area contributed by atoms with Crippen molar-refractivity contribution in [1.82, 2.24) is 0 Å². The second-order valence-corrected chi connectivity index (χ2v) is 3.73. The van der Waals surface area contributed by atoms with E-state index in [-0.39, 0.29) is 0 Å². The van der Waals surface area contributed by atoms with Crippen LogP contribution in [0.5, 0.6) is 0 Å². The van der Waals surface area contributed by atoms with Gasteiger partial charge in [0, 0.05) is 11.7 Å². The van der Waals surface area contributed by atoms with Gasteiger partial charge < -0.3 is 0 Å². The zero-order valence-corrected chi connectivity index (χ0v) is 8.29. The second-order valence-electron chi connectivity index (χ2n) is 2.66. The Bertz CT molecular complexity index is 113. The van der Waals surface area contributed by atoms with E-state index in [4.69, 9.17) is 6.42 Å². The van der Waals surface area contributed by atoms with Gasteiger partial charge in [0.25, 0.3) is 0 Å². The summed E-state index contributed by atoms with van der Waals surface area (Å²) >= 11 is 1.91. The van der Waals surface area contributed by atoms with Gasteiger partial charge in [-0.1, -0.05) is 13.8 Å². The number of hydrogen-bond acceptors (Lipinski definition) is 1. The number of thioether (sulfide) groups is 1. The molecule has 0 heterocycles. The van der Waals surface area contributed by atoms with Crippen LogP contribution in [-0.2, 0) is 0 Å². The molecule has 0 aromatic carbocycles. The summed E-state index contributed by atoms with van der Waals surface area (Å²) in [5.74, 6) is 6.66. The topological polar surface area (TPSA) is 0 Å². The van der Waals surface area contributed by atoms with Gasteiger partial charge in [0.2, 0.25) is 0 Å². The Morgan fingerprint density at radius 2 is 2.36 bits per heavy atom. The van der Waals surface area contributed by atoms with Gasteiger partial charge >= 0.3 is 0 Å². The first-order valence-corrected chi connectivity index (χ1v) is 5.25. The first-order valence-electron chi connectivity index (χ1n) is 4.20. The number of terminal acetylenes is 1. The van der Waals surface area contributed by atoms with Crippen molar-refractivity contribution >= 4 is 11.8 Å². The molecule has 0 aliphatic carbocycles. The third-order valence-corrected chi connectivity index (χ3v) is 2.56. The van der Waals surface area contributed by atoms with Gasteiger partial charge in [-0.25, -0.2) is 0 Å². The third-order valence-electron chi connectivity index (χ3n) is 1.47. The van der Waals surface area contributed by atoms with E-state index in [0.29, 0.717) is 5.92 Å². The fourth-order valence-corrected chi connectivity index (χ4v) is 1.49. The summed E-state index contributed by atoms with van der Waals surface area (Å²) in [7, 11) is 0. The van der Waals surface area contributed by atoms with Crippen molar-refractivity contribution in [3.8, 4) is 12.3 Å². The van der Waals surface area contributed by atoms with E-state index < -0.39 is 0 Å². The van der Waals surface area contributed by atoms with Gasteiger partial charge in [-0.2, -0.15) is 11.8 Å². The molecule has 63 valence electrons. The lowest BCUT2D eigenvalue weighted by Crippen LogP contribution is -1.90. The molecule has 1 radical (unpaired) electrons. The summed E-state index contributed by atoms with van der Waals surface area (Å²) in [4.78, 5) is 0. The lowest BCUT2D eigenvalue weighted by molar-refractivity contribution is 0.658. The highest BCUT2D eigenvalue weighted by atomic mass is 32.2. The summed E-state index contributed by atoms with van der Waals surface area (Å²) < 4.78 is 0. The van der Waals surface area contributed by atoms with Gasteiger partial charge in [0.15, 0.2) is 0 Å². The van der Waals surface area contributed by atoms with E-state index in [1.807, 2.05) is 11.8 Å². The van der Waals surface area contributed by atoms with E-state index in [1.54, 1.807) is 0 Å². The standard InChI is InChI=1S/C10H17S/c1-4-8-11-9-6-7-10(3)5-2/h2,8,10H,4,6-7,9H2,1,3H3. The lowest BCUT2D eigenvalue weighted by Gasteiger charge is -2.02. The molecule has 0 bridgehead atoms. The van der Waals surface area contributed by atoms with Crippen molar-refractivity contribution in [3.05, 3.63) is 5.75 Å². The Balaban J connectivity index is 2.97. The third kappa shape index (κ3) is 7.81. The molecule has 0 aromatic rings. The normalized spacial score (nSPS) is 12.5. The summed E-state index contributed by atoms with van der Waals surface area (Å²) in [5, 5.41) is 0. The molecule has 0 rings (SSSR count). The molecule has 0 amide bonds. The summed E-state index contributed by atoms with van der Waals surface area (Å²) in [6, 6.07) is 0. The molecule has 0 aliphatic heterocycles. The number of hydrogen-bond donors (Lipinski definition) is 0. The molecule has 1 heteroatoms. The molecule has 0 fully saturated rings. The maximum Gasteiger partial charge on any atom is 0.0172 e. The fraction of sp³-hybridized carbons (Fsp3) is 0.700. The summed E-state index contributed by atoms with van der Waals surface area (Å²) in [6.45, 7) is 4.27. The van der Waals surface area contributed by atoms with Crippen LogP contribution in [-0.4, -0.2) is 5.75 Å². The molecular weight excluding hydrogens is 152 g/mol. The summed E-state index contributed by atoms with van der Waals surface area (Å²) in [6.07, 6.45) is 8.82. The monoisotopic (exact) mass is 169 g/mol. The van der Waals surface area contributed by atoms with Crippen LogP contribution in [0, 0.1) is 24.0 Å². The van der Waals surface area contributed by atoms with Gasteiger partial charge in [-0.05, 0) is 25.0 Å². The largest absolute Gasteiger partial charge is 0.157 e. The van der Waals surface area contributed by atoms with Crippen molar-refractivity contribution < 1.29 is 0 Å². The van der Waals surface area contributed by atoms with Crippen LogP contribution in [0.1, 0.15) is 33.1 Å². The molecule has 0 aliphatic rings. The first-order chi connectivity index (χ1) is 5.31. The molecule has 11 heavy (non-hydrogen) atoms. The fourth-order valence-electron chi connectivity index (χ4n) is 0.757. The van der Waals surface area contributed by atoms with Gasteiger partial charge in [0.1, 0.15) is 0 Å². The Morgan fingerprint density at radius 1 is 1.64 bits per heavy atom. The highest BCUT2D eigenvalue weighted by Crippen LogP contribution is 2.13. The minimum absolute atomic E-state index is 0.456. The van der Waals surface area contributed by atoms with E-state index in [9.17, 15) is 0 Å². The van der Waals surface area contributed by atoms with Crippen molar-refractivity contribution in [2.75, 3.05) is 5.75 Å². The smallest absolute Gasteiger partial charge is 0.0172 e. The Kier molecular flexibility index (Phi) is 7.95. The lowest BCUT2D eigenvalue weighted by atomic mass is 10.1. The van der Waals surface area contributed by atoms with Crippen LogP contribution in [0.15, 0.2) is 0 Å². The molecular formula is C10H17S. The predicted octanol–water partition coefficient (Wildman–Crippen LogP) is 3.34. The van der Waals surface area contributed by atoms with Crippen molar-refractivity contribution in [3.63, 3.8) is 0 Å². The van der Waals surface area contributed by atoms with Crippen LogP contribution < -0.4 is 0 Å². The second kappa shape index (κ2) is 8.01. The molecule has 1 unspecified atom stereocenters. The molecule has 0 nitrogen and oxygen atoms in total. The van der Waals surface area contributed by atoms with Crippen LogP contribution in [0.2, 0.25) is 0 Å². The minimum Gasteiger partial charge on any atom is -0.157 e. The quantitative estimate of drug-likeness (QED) is 0.434. The van der Waals surface area contributed by atoms with Crippen molar-refractivity contribution in [2.24, 2.45) is 5.92 Å². The Labute approximate surface area is 75.1 Å². The van der Waals surface area contributed by atoms with E-state index in [1.165, 1.54) is 18.6 Å². The molecule has 0 spiro atoms. The van der Waals surface area contributed by atoms with Crippen LogP contribution in [0.4, 0.5) is 0 Å². The first kappa shape index (κ1) is 10.9. The highest BCUT2D eigenvalue weighted by molar-refractivity contribution is 8.01. The average molecular weight is 169 g/mol. The Morgan fingerprint density at radius 3 is 2.91 bits per heavy atom. The van der Waals surface area contributed by atoms with Crippen LogP contribution >= 0.6 is 11.8 Å². The molecule has 0 aromatic heterocycles. The highest BCUT2D eigenvalue weighted by Gasteiger charge is 1.95. The minimum atomic E-state index is 0.456. The molecule has 0 saturated heterocycles. The zero-order valence-electron chi connectivity index (χ0n) is 7.47. The molecule has 0 saturated carbocycles. The zero-order chi connectivity index (χ0) is 8.53. The maximum absolute atomic E-state index is 5.25. The maximum atomic E-state index is 5.25. The van der Waals surface area contributed by atoms with E-state index >= 15 is 0 Å². The predicted molar refractivity (Wildman–Crippen MR) is 54.3 cm³/mol. The van der Waals surface area contributed by atoms with Gasteiger partial charge in [0.05, 0.1) is 0 Å². The number of rotatable bonds is 6. The SMILES string of the molecule is C#CC(C)CCCS[CH]CC. The molecule has 0 N–H and O–H groups in total. The van der Waals surface area contributed by atoms with Gasteiger partial charge in [-0.3, -0.25) is 0 Å². The molecule has 1 atom stereocenters. The van der Waals surface area contributed by atoms with Crippen molar-refractivity contribution in [1.29, 1.82) is 0 Å². The van der Waals surface area contributed by atoms with E-state index in [2.05, 4.69) is 25.5 Å². The Hall–Kier alpha value is -0.0900.